The molecule has 2 heterocycles. The van der Waals surface area contributed by atoms with Gasteiger partial charge < -0.3 is 5.11 Å². The van der Waals surface area contributed by atoms with Crippen LogP contribution in [0.4, 0.5) is 0 Å². The molecular weight excluding hydrogens is 376 g/mol. The van der Waals surface area contributed by atoms with Gasteiger partial charge in [0.2, 0.25) is 10.8 Å². The fraction of sp³-hybridized carbons (Fsp3) is 0.571. The lowest BCUT2D eigenvalue weighted by molar-refractivity contribution is 0.102. The number of aromatic hydroxyl groups is 1. The number of rotatable bonds is 14. The van der Waals surface area contributed by atoms with Crippen molar-refractivity contribution in [3.63, 3.8) is 0 Å². The van der Waals surface area contributed by atoms with Crippen LogP contribution in [0.3, 0.4) is 0 Å². The molecule has 6 heteroatoms. The van der Waals surface area contributed by atoms with E-state index in [0.717, 1.165) is 16.5 Å². The lowest BCUT2D eigenvalue weighted by Crippen LogP contribution is -2.04. The van der Waals surface area contributed by atoms with E-state index >= 15 is 0 Å². The number of carbonyl (C=O) groups is 1. The van der Waals surface area contributed by atoms with Crippen molar-refractivity contribution in [1.82, 2.24) is 9.97 Å². The number of nitrogens with zero attached hydrogens (tertiary/aromatic N) is 2. The molecule has 4 nitrogen and oxygen atoms in total. The number of thiazole rings is 1. The van der Waals surface area contributed by atoms with Crippen molar-refractivity contribution in [1.29, 1.82) is 0 Å². The summed E-state index contributed by atoms with van der Waals surface area (Å²) >= 11 is 2.80. The third-order valence-corrected chi connectivity index (χ3v) is 6.51. The molecule has 0 saturated carbocycles. The maximum atomic E-state index is 12.4. The second kappa shape index (κ2) is 12.9. The Morgan fingerprint density at radius 2 is 1.70 bits per heavy atom. The first-order chi connectivity index (χ1) is 13.2. The maximum Gasteiger partial charge on any atom is 0.234 e. The molecule has 0 spiro atoms. The van der Waals surface area contributed by atoms with Gasteiger partial charge in [-0.2, -0.15) is 0 Å². The molecule has 0 atom stereocenters. The topological polar surface area (TPSA) is 63.1 Å². The summed E-state index contributed by atoms with van der Waals surface area (Å²) < 4.78 is 0.753. The highest BCUT2D eigenvalue weighted by Crippen LogP contribution is 2.34. The summed E-state index contributed by atoms with van der Waals surface area (Å²) in [6, 6.07) is 5.15. The number of thioether (sulfide) groups is 1. The summed E-state index contributed by atoms with van der Waals surface area (Å²) in [5, 5.41) is 10.0. The van der Waals surface area contributed by atoms with Crippen molar-refractivity contribution in [2.75, 3.05) is 5.75 Å². The van der Waals surface area contributed by atoms with E-state index < -0.39 is 0 Å². The molecule has 0 aromatic carbocycles. The number of unbranched alkanes of at least 4 members (excludes halogenated alkanes) is 9. The minimum atomic E-state index is -0.324. The Balaban J connectivity index is 1.61. The maximum absolute atomic E-state index is 12.4. The molecule has 1 N–H and O–H groups in total. The highest BCUT2D eigenvalue weighted by molar-refractivity contribution is 8.01. The van der Waals surface area contributed by atoms with Crippen molar-refractivity contribution in [2.24, 2.45) is 0 Å². The predicted octanol–water partition coefficient (Wildman–Crippen LogP) is 6.49. The monoisotopic (exact) mass is 406 g/mol. The normalized spacial score (nSPS) is 11.0. The Bertz CT molecular complexity index is 674. The molecule has 27 heavy (non-hydrogen) atoms. The fourth-order valence-corrected chi connectivity index (χ4v) is 4.81. The van der Waals surface area contributed by atoms with E-state index in [0.29, 0.717) is 5.69 Å². The van der Waals surface area contributed by atoms with Crippen molar-refractivity contribution < 1.29 is 9.90 Å². The van der Waals surface area contributed by atoms with Gasteiger partial charge >= 0.3 is 0 Å². The summed E-state index contributed by atoms with van der Waals surface area (Å²) in [7, 11) is 0. The predicted molar refractivity (Wildman–Crippen MR) is 114 cm³/mol. The molecule has 2 rings (SSSR count). The average molecular weight is 407 g/mol. The van der Waals surface area contributed by atoms with Crippen LogP contribution in [-0.4, -0.2) is 26.6 Å². The Morgan fingerprint density at radius 3 is 2.33 bits per heavy atom. The standard InChI is InChI=1S/C21H30N2O2S2/c1-2-3-4-5-6-7-8-9-10-13-16-26-21-23-18(20(25)27-21)19(24)17-14-11-12-15-22-17/h11-12,14-15,25H,2-10,13,16H2,1H3. The molecule has 0 aliphatic heterocycles. The van der Waals surface area contributed by atoms with E-state index in [1.54, 1.807) is 36.2 Å². The van der Waals surface area contributed by atoms with Crippen LogP contribution in [0.1, 0.15) is 87.3 Å². The number of hydrogen-bond donors (Lipinski definition) is 1. The van der Waals surface area contributed by atoms with Gasteiger partial charge in [-0.3, -0.25) is 9.78 Å². The average Bonchev–Trinajstić information content (AvgIpc) is 3.06. The van der Waals surface area contributed by atoms with Gasteiger partial charge in [-0.25, -0.2) is 4.98 Å². The zero-order valence-electron chi connectivity index (χ0n) is 16.2. The molecule has 0 amide bonds. The van der Waals surface area contributed by atoms with Crippen LogP contribution in [0, 0.1) is 0 Å². The van der Waals surface area contributed by atoms with Gasteiger partial charge in [0.05, 0.1) is 0 Å². The summed E-state index contributed by atoms with van der Waals surface area (Å²) in [6.07, 6.45) is 14.8. The van der Waals surface area contributed by atoms with Crippen LogP contribution in [0.25, 0.3) is 0 Å². The van der Waals surface area contributed by atoms with E-state index in [1.165, 1.54) is 69.1 Å². The highest BCUT2D eigenvalue weighted by atomic mass is 32.2. The van der Waals surface area contributed by atoms with Gasteiger partial charge in [-0.05, 0) is 18.6 Å². The summed E-state index contributed by atoms with van der Waals surface area (Å²) in [5.41, 5.74) is 0.425. The first kappa shape index (κ1) is 21.9. The number of hydrogen-bond acceptors (Lipinski definition) is 6. The van der Waals surface area contributed by atoms with Crippen molar-refractivity contribution >= 4 is 28.9 Å². The number of aromatic nitrogens is 2. The largest absolute Gasteiger partial charge is 0.498 e. The van der Waals surface area contributed by atoms with Gasteiger partial charge in [-0.1, -0.05) is 93.9 Å². The minimum absolute atomic E-state index is 0.0174. The number of carbonyl (C=O) groups excluding carboxylic acids is 1. The second-order valence-electron chi connectivity index (χ2n) is 6.71. The third kappa shape index (κ3) is 8.01. The number of pyridine rings is 1. The third-order valence-electron chi connectivity index (χ3n) is 4.43. The van der Waals surface area contributed by atoms with E-state index in [1.807, 2.05) is 0 Å². The Labute approximate surface area is 170 Å². The van der Waals surface area contributed by atoms with E-state index in [9.17, 15) is 9.90 Å². The molecule has 2 aromatic rings. The summed E-state index contributed by atoms with van der Waals surface area (Å²) in [6.45, 7) is 2.25. The molecule has 2 aromatic heterocycles. The molecule has 0 saturated heterocycles. The zero-order chi connectivity index (χ0) is 19.3. The Hall–Kier alpha value is -1.40. The number of ketones is 1. The molecule has 0 aliphatic rings. The van der Waals surface area contributed by atoms with Gasteiger partial charge in [0.25, 0.3) is 0 Å². The van der Waals surface area contributed by atoms with Gasteiger partial charge in [0, 0.05) is 11.9 Å². The van der Waals surface area contributed by atoms with Crippen LogP contribution in [0.2, 0.25) is 0 Å². The molecule has 0 aliphatic carbocycles. The SMILES string of the molecule is CCCCCCCCCCCCSc1nc(C(=O)c2ccccn2)c(O)s1. The van der Waals surface area contributed by atoms with Crippen LogP contribution >= 0.6 is 23.1 Å². The van der Waals surface area contributed by atoms with Gasteiger partial charge in [-0.15, -0.1) is 0 Å². The second-order valence-corrected chi connectivity index (χ2v) is 9.03. The molecule has 0 fully saturated rings. The van der Waals surface area contributed by atoms with Crippen LogP contribution < -0.4 is 0 Å². The summed E-state index contributed by atoms with van der Waals surface area (Å²) in [5.74, 6) is 0.649. The molecule has 0 bridgehead atoms. The van der Waals surface area contributed by atoms with E-state index in [4.69, 9.17) is 0 Å². The zero-order valence-corrected chi connectivity index (χ0v) is 17.8. The van der Waals surface area contributed by atoms with Crippen molar-refractivity contribution in [2.45, 2.75) is 75.5 Å². The van der Waals surface area contributed by atoms with Gasteiger partial charge in [0.1, 0.15) is 5.69 Å². The first-order valence-electron chi connectivity index (χ1n) is 10.0. The van der Waals surface area contributed by atoms with Crippen LogP contribution in [0.15, 0.2) is 28.7 Å². The van der Waals surface area contributed by atoms with Gasteiger partial charge in [0.15, 0.2) is 10.0 Å². The first-order valence-corrected chi connectivity index (χ1v) is 11.8. The van der Waals surface area contributed by atoms with Crippen LogP contribution in [0.5, 0.6) is 5.06 Å². The minimum Gasteiger partial charge on any atom is -0.498 e. The Kier molecular flexibility index (Phi) is 10.5. The van der Waals surface area contributed by atoms with E-state index in [2.05, 4.69) is 16.9 Å². The van der Waals surface area contributed by atoms with Crippen molar-refractivity contribution in [3.8, 4) is 5.06 Å². The Morgan fingerprint density at radius 1 is 1.04 bits per heavy atom. The van der Waals surface area contributed by atoms with Crippen LogP contribution in [-0.2, 0) is 0 Å². The summed E-state index contributed by atoms with van der Waals surface area (Å²) in [4.78, 5) is 20.7. The molecule has 0 unspecified atom stereocenters. The molecule has 0 radical (unpaired) electrons. The highest BCUT2D eigenvalue weighted by Gasteiger charge is 2.20. The smallest absolute Gasteiger partial charge is 0.234 e. The van der Waals surface area contributed by atoms with Crippen molar-refractivity contribution in [3.05, 3.63) is 35.8 Å². The lowest BCUT2D eigenvalue weighted by Gasteiger charge is -2.02. The quantitative estimate of drug-likeness (QED) is 0.221. The fourth-order valence-electron chi connectivity index (χ4n) is 2.87. The van der Waals surface area contributed by atoms with E-state index in [-0.39, 0.29) is 16.5 Å². The lowest BCUT2D eigenvalue weighted by atomic mass is 10.1. The molecular formula is C21H30N2O2S2. The molecule has 148 valence electrons.